The fraction of sp³-hybridized carbons (Fsp3) is 0.355. The predicted octanol–water partition coefficient (Wildman–Crippen LogP) is 4.67. The van der Waals surface area contributed by atoms with Crippen LogP contribution in [0.1, 0.15) is 48.0 Å². The number of nitrogens with one attached hydrogen (secondary N) is 2. The molecular weight excluding hydrogens is 566 g/mol. The summed E-state index contributed by atoms with van der Waals surface area (Å²) in [6.07, 6.45) is 5.52. The topological polar surface area (TPSA) is 131 Å². The van der Waals surface area contributed by atoms with Gasteiger partial charge >= 0.3 is 0 Å². The number of sulfonamides is 1. The molecule has 2 aromatic carbocycles. The molecule has 1 amide bonds. The summed E-state index contributed by atoms with van der Waals surface area (Å²) in [6.45, 7) is 8.84. The molecule has 0 bridgehead atoms. The molecule has 2 aromatic heterocycles. The summed E-state index contributed by atoms with van der Waals surface area (Å²) in [5.41, 5.74) is 5.55. The van der Waals surface area contributed by atoms with Crippen LogP contribution in [0.4, 0.5) is 11.4 Å². The van der Waals surface area contributed by atoms with Gasteiger partial charge in [0.2, 0.25) is 10.0 Å². The minimum atomic E-state index is -3.60. The van der Waals surface area contributed by atoms with E-state index >= 15 is 0 Å². The number of aryl methyl sites for hydroxylation is 1. The van der Waals surface area contributed by atoms with Crippen molar-refractivity contribution in [3.8, 4) is 22.7 Å². The highest BCUT2D eigenvalue weighted by atomic mass is 32.2. The summed E-state index contributed by atoms with van der Waals surface area (Å²) in [6, 6.07) is 12.8. The van der Waals surface area contributed by atoms with Gasteiger partial charge in [-0.2, -0.15) is 0 Å². The van der Waals surface area contributed by atoms with Gasteiger partial charge in [-0.3, -0.25) is 14.5 Å². The van der Waals surface area contributed by atoms with E-state index in [0.717, 1.165) is 41.6 Å². The van der Waals surface area contributed by atoms with E-state index in [2.05, 4.69) is 30.2 Å². The number of carbonyl (C=O) groups is 1. The molecule has 228 valence electrons. The number of nitrogens with zero attached hydrogens (tertiary/aromatic N) is 5. The van der Waals surface area contributed by atoms with E-state index in [1.54, 1.807) is 41.3 Å². The molecular formula is C31H39N7O4S. The quantitative estimate of drug-likeness (QED) is 0.267. The molecule has 0 saturated carbocycles. The molecule has 0 atom stereocenters. The Kier molecular flexibility index (Phi) is 9.21. The molecule has 0 aliphatic rings. The first-order valence-electron chi connectivity index (χ1n) is 13.8. The lowest BCUT2D eigenvalue weighted by molar-refractivity contribution is 0.102. The number of ether oxygens (including phenoxy) is 1. The number of methoxy groups -OCH3 is 1. The van der Waals surface area contributed by atoms with Gasteiger partial charge in [-0.15, -0.1) is 5.10 Å². The predicted molar refractivity (Wildman–Crippen MR) is 170 cm³/mol. The van der Waals surface area contributed by atoms with Gasteiger partial charge in [0.05, 0.1) is 36.6 Å². The van der Waals surface area contributed by atoms with Gasteiger partial charge in [0.25, 0.3) is 5.91 Å². The SMILES string of the molecule is COc1c(NC(=O)c2ccc(C)c(-n3cc(-c4ccc(CCN(C)C)nc4)nn3)c2)cc(C(C)(C)C)cc1NS(C)(=O)=O. The number of likely N-dealkylation sites (N-methyl/N-ethyl adjacent to an activating group) is 1. The van der Waals surface area contributed by atoms with Gasteiger partial charge in [0, 0.05) is 36.0 Å². The highest BCUT2D eigenvalue weighted by Crippen LogP contribution is 2.39. The van der Waals surface area contributed by atoms with Gasteiger partial charge in [0.1, 0.15) is 5.69 Å². The molecule has 0 aliphatic heterocycles. The Morgan fingerprint density at radius 2 is 1.79 bits per heavy atom. The molecule has 4 rings (SSSR count). The van der Waals surface area contributed by atoms with Crippen molar-refractivity contribution in [1.82, 2.24) is 24.9 Å². The van der Waals surface area contributed by atoms with Crippen LogP contribution in [0.5, 0.6) is 5.75 Å². The first-order valence-corrected chi connectivity index (χ1v) is 15.7. The average Bonchev–Trinajstić information content (AvgIpc) is 3.41. The van der Waals surface area contributed by atoms with E-state index < -0.39 is 15.9 Å². The minimum absolute atomic E-state index is 0.210. The van der Waals surface area contributed by atoms with Crippen LogP contribution in [-0.2, 0) is 21.9 Å². The van der Waals surface area contributed by atoms with E-state index in [4.69, 9.17) is 4.74 Å². The van der Waals surface area contributed by atoms with Crippen molar-refractivity contribution in [3.63, 3.8) is 0 Å². The molecule has 0 unspecified atom stereocenters. The Balaban J connectivity index is 1.63. The molecule has 12 heteroatoms. The maximum absolute atomic E-state index is 13.5. The molecule has 4 aromatic rings. The molecule has 2 N–H and O–H groups in total. The van der Waals surface area contributed by atoms with Gasteiger partial charge in [-0.05, 0) is 74.0 Å². The van der Waals surface area contributed by atoms with Gasteiger partial charge in [0.15, 0.2) is 5.75 Å². The third kappa shape index (κ3) is 7.96. The number of benzene rings is 2. The van der Waals surface area contributed by atoms with Crippen LogP contribution in [0.25, 0.3) is 16.9 Å². The summed E-state index contributed by atoms with van der Waals surface area (Å²) in [4.78, 5) is 20.2. The maximum atomic E-state index is 13.5. The van der Waals surface area contributed by atoms with Crippen molar-refractivity contribution in [1.29, 1.82) is 0 Å². The summed E-state index contributed by atoms with van der Waals surface area (Å²) >= 11 is 0. The van der Waals surface area contributed by atoms with Crippen LogP contribution in [0.3, 0.4) is 0 Å². The van der Waals surface area contributed by atoms with E-state index in [9.17, 15) is 13.2 Å². The number of hydrogen-bond acceptors (Lipinski definition) is 8. The molecule has 0 radical (unpaired) electrons. The summed E-state index contributed by atoms with van der Waals surface area (Å²) in [7, 11) is 1.89. The van der Waals surface area contributed by atoms with Crippen LogP contribution in [0.2, 0.25) is 0 Å². The Labute approximate surface area is 253 Å². The number of amides is 1. The second-order valence-corrected chi connectivity index (χ2v) is 13.6. The summed E-state index contributed by atoms with van der Waals surface area (Å²) in [5, 5.41) is 11.6. The number of anilines is 2. The van der Waals surface area contributed by atoms with Crippen molar-refractivity contribution in [3.05, 3.63) is 77.2 Å². The van der Waals surface area contributed by atoms with Gasteiger partial charge in [-0.1, -0.05) is 32.1 Å². The average molecular weight is 606 g/mol. The molecule has 11 nitrogen and oxygen atoms in total. The van der Waals surface area contributed by atoms with Crippen LogP contribution < -0.4 is 14.8 Å². The maximum Gasteiger partial charge on any atom is 0.255 e. The zero-order valence-electron chi connectivity index (χ0n) is 25.9. The Morgan fingerprint density at radius 3 is 2.40 bits per heavy atom. The molecule has 43 heavy (non-hydrogen) atoms. The van der Waals surface area contributed by atoms with Crippen LogP contribution >= 0.6 is 0 Å². The fourth-order valence-electron chi connectivity index (χ4n) is 4.42. The van der Waals surface area contributed by atoms with Crippen molar-refractivity contribution in [2.24, 2.45) is 0 Å². The smallest absolute Gasteiger partial charge is 0.255 e. The molecule has 0 saturated heterocycles. The van der Waals surface area contributed by atoms with Crippen molar-refractivity contribution >= 4 is 27.3 Å². The van der Waals surface area contributed by atoms with Gasteiger partial charge < -0.3 is 15.0 Å². The number of aromatic nitrogens is 4. The van der Waals surface area contributed by atoms with Crippen LogP contribution in [0.15, 0.2) is 54.9 Å². The minimum Gasteiger partial charge on any atom is -0.492 e. The third-order valence-corrected chi connectivity index (χ3v) is 7.44. The fourth-order valence-corrected chi connectivity index (χ4v) is 4.97. The van der Waals surface area contributed by atoms with E-state index in [1.165, 1.54) is 7.11 Å². The van der Waals surface area contributed by atoms with Gasteiger partial charge in [-0.25, -0.2) is 13.1 Å². The lowest BCUT2D eigenvalue weighted by Gasteiger charge is -2.24. The van der Waals surface area contributed by atoms with Crippen molar-refractivity contribution in [2.45, 2.75) is 39.5 Å². The Bertz CT molecular complexity index is 1720. The first-order chi connectivity index (χ1) is 20.1. The number of pyridine rings is 1. The second-order valence-electron chi connectivity index (χ2n) is 11.8. The lowest BCUT2D eigenvalue weighted by Crippen LogP contribution is -2.18. The van der Waals surface area contributed by atoms with Crippen molar-refractivity contribution in [2.75, 3.05) is 44.0 Å². The largest absolute Gasteiger partial charge is 0.492 e. The van der Waals surface area contributed by atoms with Crippen molar-refractivity contribution < 1.29 is 17.9 Å². The Hall–Kier alpha value is -4.29. The van der Waals surface area contributed by atoms with Crippen LogP contribution in [0, 0.1) is 6.92 Å². The second kappa shape index (κ2) is 12.5. The standard InChI is InChI=1S/C31H39N7O4S/c1-20-9-10-21(15-28(20)38-19-27(34-36-38)22-11-12-24(32-18-22)13-14-37(5)6)30(39)33-25-16-23(31(2,3)4)17-26(29(25)42-7)35-43(8,40)41/h9-12,15-19,35H,13-14H2,1-8H3,(H,33,39). The third-order valence-electron chi connectivity index (χ3n) is 6.85. The van der Waals surface area contributed by atoms with E-state index in [0.29, 0.717) is 22.6 Å². The highest BCUT2D eigenvalue weighted by Gasteiger charge is 2.23. The molecule has 0 spiro atoms. The highest BCUT2D eigenvalue weighted by molar-refractivity contribution is 7.92. The molecule has 0 fully saturated rings. The van der Waals surface area contributed by atoms with Crippen LogP contribution in [-0.4, -0.2) is 73.2 Å². The molecule has 2 heterocycles. The zero-order chi connectivity index (χ0) is 31.5. The first kappa shape index (κ1) is 31.6. The number of carbonyl (C=O) groups excluding carboxylic acids is 1. The summed E-state index contributed by atoms with van der Waals surface area (Å²) < 4.78 is 33.8. The number of rotatable bonds is 10. The van der Waals surface area contributed by atoms with E-state index in [-0.39, 0.29) is 16.9 Å². The summed E-state index contributed by atoms with van der Waals surface area (Å²) in [5.74, 6) is -0.185. The normalized spacial score (nSPS) is 11.9. The molecule has 0 aliphatic carbocycles. The zero-order valence-corrected chi connectivity index (χ0v) is 26.7. The number of hydrogen-bond donors (Lipinski definition) is 2. The Morgan fingerprint density at radius 1 is 1.07 bits per heavy atom. The monoisotopic (exact) mass is 605 g/mol. The van der Waals surface area contributed by atoms with E-state index in [1.807, 2.05) is 60.0 Å². The lowest BCUT2D eigenvalue weighted by atomic mass is 9.86.